The molecule has 0 aliphatic rings. The maximum absolute atomic E-state index is 13.3. The molecule has 0 N–H and O–H groups in total. The maximum Gasteiger partial charge on any atom is 0.280 e. The lowest BCUT2D eigenvalue weighted by Gasteiger charge is -2.13. The number of amides is 1. The normalized spacial score (nSPS) is 11.7. The van der Waals surface area contributed by atoms with Crippen LogP contribution in [0.4, 0.5) is 0 Å². The quantitative estimate of drug-likeness (QED) is 0.401. The minimum absolute atomic E-state index is 0.0674. The Bertz CT molecular complexity index is 1690. The number of pyridine rings is 3. The van der Waals surface area contributed by atoms with Crippen molar-refractivity contribution in [3.63, 3.8) is 0 Å². The van der Waals surface area contributed by atoms with Crippen LogP contribution in [0.1, 0.15) is 27.2 Å². The van der Waals surface area contributed by atoms with Crippen LogP contribution in [-0.4, -0.2) is 24.8 Å². The van der Waals surface area contributed by atoms with Crippen molar-refractivity contribution in [2.24, 2.45) is 4.99 Å². The zero-order chi connectivity index (χ0) is 22.9. The van der Waals surface area contributed by atoms with E-state index in [-0.39, 0.29) is 34.1 Å². The van der Waals surface area contributed by atoms with Gasteiger partial charge in [0.05, 0.1) is 29.3 Å². The van der Waals surface area contributed by atoms with Crippen molar-refractivity contribution in [2.45, 2.75) is 13.5 Å². The molecule has 5 aromatic heterocycles. The van der Waals surface area contributed by atoms with Gasteiger partial charge in [0.15, 0.2) is 5.49 Å². The first-order valence-electron chi connectivity index (χ1n) is 10.0. The van der Waals surface area contributed by atoms with Crippen LogP contribution in [0.25, 0.3) is 16.7 Å². The van der Waals surface area contributed by atoms with Crippen LogP contribution in [0.5, 0.6) is 0 Å². The average molecular weight is 436 g/mol. The average Bonchev–Trinajstić information content (AvgIpc) is 3.35. The van der Waals surface area contributed by atoms with Crippen molar-refractivity contribution in [3.8, 4) is 6.07 Å². The van der Waals surface area contributed by atoms with Gasteiger partial charge in [0.25, 0.3) is 11.5 Å². The fraction of sp³-hybridized carbons (Fsp3) is 0.0833. The van der Waals surface area contributed by atoms with Gasteiger partial charge in [0, 0.05) is 18.6 Å². The van der Waals surface area contributed by atoms with Crippen LogP contribution in [0.15, 0.2) is 81.5 Å². The molecule has 0 spiro atoms. The monoisotopic (exact) mass is 436 g/mol. The Morgan fingerprint density at radius 2 is 2.09 bits per heavy atom. The number of aromatic nitrogens is 4. The molecular formula is C24H16N6O3. The third-order valence-corrected chi connectivity index (χ3v) is 5.24. The molecule has 0 fully saturated rings. The highest BCUT2D eigenvalue weighted by Crippen LogP contribution is 2.14. The number of furan rings is 1. The number of rotatable bonds is 3. The first kappa shape index (κ1) is 20.1. The highest BCUT2D eigenvalue weighted by atomic mass is 16.3. The summed E-state index contributed by atoms with van der Waals surface area (Å²) in [6, 6.07) is 13.8. The molecule has 0 saturated carbocycles. The van der Waals surface area contributed by atoms with E-state index in [1.807, 2.05) is 13.0 Å². The largest absolute Gasteiger partial charge is 0.467 e. The Morgan fingerprint density at radius 3 is 2.82 bits per heavy atom. The molecule has 0 aliphatic heterocycles. The molecular weight excluding hydrogens is 420 g/mol. The summed E-state index contributed by atoms with van der Waals surface area (Å²) in [7, 11) is 0. The zero-order valence-electron chi connectivity index (χ0n) is 17.5. The van der Waals surface area contributed by atoms with Gasteiger partial charge in [0.1, 0.15) is 23.1 Å². The summed E-state index contributed by atoms with van der Waals surface area (Å²) in [5.74, 6) is -0.0192. The highest BCUT2D eigenvalue weighted by Gasteiger charge is 2.17. The smallest absolute Gasteiger partial charge is 0.280 e. The molecule has 0 bridgehead atoms. The lowest BCUT2D eigenvalue weighted by molar-refractivity contribution is 0.0996. The fourth-order valence-corrected chi connectivity index (χ4v) is 3.65. The highest BCUT2D eigenvalue weighted by molar-refractivity contribution is 5.94. The van der Waals surface area contributed by atoms with Gasteiger partial charge < -0.3 is 8.98 Å². The Labute approximate surface area is 186 Å². The van der Waals surface area contributed by atoms with E-state index in [2.05, 4.69) is 16.0 Å². The van der Waals surface area contributed by atoms with Gasteiger partial charge in [0.2, 0.25) is 0 Å². The summed E-state index contributed by atoms with van der Waals surface area (Å²) in [4.78, 5) is 39.1. The van der Waals surface area contributed by atoms with E-state index in [4.69, 9.17) is 9.40 Å². The second kappa shape index (κ2) is 8.01. The first-order chi connectivity index (χ1) is 16.1. The molecule has 0 aliphatic carbocycles. The number of hydrogen-bond acceptors (Lipinski definition) is 6. The standard InChI is InChI=1S/C24H16N6O3/c1-15-5-3-9-29-20(15)27-22-19(24(29)32)11-17(12-25)21(30(22)14-18-7-4-10-33-18)28-23(31)16-6-2-8-26-13-16/h2-11,13H,14H2,1H3. The Hall–Kier alpha value is -4.84. The molecule has 160 valence electrons. The molecule has 0 saturated heterocycles. The topological polar surface area (TPSA) is 119 Å². The minimum Gasteiger partial charge on any atom is -0.467 e. The van der Waals surface area contributed by atoms with Crippen LogP contribution in [0.3, 0.4) is 0 Å². The zero-order valence-corrected chi connectivity index (χ0v) is 17.5. The third kappa shape index (κ3) is 3.49. The number of hydrogen-bond donors (Lipinski definition) is 0. The predicted molar refractivity (Wildman–Crippen MR) is 118 cm³/mol. The molecule has 1 amide bonds. The molecule has 0 aromatic carbocycles. The molecule has 5 heterocycles. The Kier molecular flexibility index (Phi) is 4.88. The molecule has 0 unspecified atom stereocenters. The third-order valence-electron chi connectivity index (χ3n) is 5.24. The predicted octanol–water partition coefficient (Wildman–Crippen LogP) is 2.61. The number of aryl methyl sites for hydroxylation is 1. The van der Waals surface area contributed by atoms with Crippen molar-refractivity contribution in [1.82, 2.24) is 18.9 Å². The van der Waals surface area contributed by atoms with Gasteiger partial charge in [-0.1, -0.05) is 6.07 Å². The molecule has 0 atom stereocenters. The molecule has 5 rings (SSSR count). The summed E-state index contributed by atoms with van der Waals surface area (Å²) in [6.07, 6.45) is 6.10. The number of carbonyl (C=O) groups excluding carboxylic acids is 1. The lowest BCUT2D eigenvalue weighted by atomic mass is 10.2. The van der Waals surface area contributed by atoms with Crippen molar-refractivity contribution in [3.05, 3.63) is 106 Å². The molecule has 5 aromatic rings. The molecule has 33 heavy (non-hydrogen) atoms. The number of nitrogens with zero attached hydrogens (tertiary/aromatic N) is 6. The van der Waals surface area contributed by atoms with E-state index in [9.17, 15) is 14.9 Å². The second-order valence-corrected chi connectivity index (χ2v) is 7.36. The van der Waals surface area contributed by atoms with Crippen molar-refractivity contribution in [1.29, 1.82) is 5.26 Å². The van der Waals surface area contributed by atoms with Gasteiger partial charge in [-0.3, -0.25) is 19.0 Å². The van der Waals surface area contributed by atoms with E-state index in [0.29, 0.717) is 17.1 Å². The van der Waals surface area contributed by atoms with Crippen molar-refractivity contribution in [2.75, 3.05) is 0 Å². The van der Waals surface area contributed by atoms with E-state index in [1.165, 1.54) is 22.9 Å². The minimum atomic E-state index is -0.569. The van der Waals surface area contributed by atoms with Gasteiger partial charge in [-0.2, -0.15) is 10.3 Å². The molecule has 9 heteroatoms. The summed E-state index contributed by atoms with van der Waals surface area (Å²) in [6.45, 7) is 1.97. The lowest BCUT2D eigenvalue weighted by Crippen LogP contribution is -2.30. The number of carbonyl (C=O) groups is 1. The van der Waals surface area contributed by atoms with Crippen molar-refractivity contribution >= 4 is 22.6 Å². The summed E-state index contributed by atoms with van der Waals surface area (Å²) < 4.78 is 8.50. The number of nitriles is 1. The van der Waals surface area contributed by atoms with Gasteiger partial charge in [-0.15, -0.1) is 0 Å². The first-order valence-corrected chi connectivity index (χ1v) is 10.0. The van der Waals surface area contributed by atoms with Crippen LogP contribution < -0.4 is 11.0 Å². The van der Waals surface area contributed by atoms with Gasteiger partial charge >= 0.3 is 0 Å². The van der Waals surface area contributed by atoms with Crippen LogP contribution in [-0.2, 0) is 6.54 Å². The van der Waals surface area contributed by atoms with Crippen molar-refractivity contribution < 1.29 is 9.21 Å². The number of fused-ring (bicyclic) bond motifs is 2. The summed E-state index contributed by atoms with van der Waals surface area (Å²) in [5.41, 5.74) is 1.66. The fourth-order valence-electron chi connectivity index (χ4n) is 3.65. The summed E-state index contributed by atoms with van der Waals surface area (Å²) in [5, 5.41) is 10.1. The summed E-state index contributed by atoms with van der Waals surface area (Å²) >= 11 is 0. The van der Waals surface area contributed by atoms with Crippen LogP contribution in [0, 0.1) is 18.3 Å². The Balaban J connectivity index is 1.91. The second-order valence-electron chi connectivity index (χ2n) is 7.36. The molecule has 9 nitrogen and oxygen atoms in total. The SMILES string of the molecule is Cc1cccn2c(=O)c3cc(C#N)c(=NC(=O)c4cccnc4)n(Cc4ccco4)c3nc12. The van der Waals surface area contributed by atoms with Gasteiger partial charge in [-0.05, 0) is 48.9 Å². The van der Waals surface area contributed by atoms with Gasteiger partial charge in [-0.25, -0.2) is 4.98 Å². The molecule has 0 radical (unpaired) electrons. The Morgan fingerprint density at radius 1 is 1.21 bits per heavy atom. The van der Waals surface area contributed by atoms with E-state index >= 15 is 0 Å². The van der Waals surface area contributed by atoms with Crippen LogP contribution in [0.2, 0.25) is 0 Å². The maximum atomic E-state index is 13.3. The van der Waals surface area contributed by atoms with E-state index in [1.54, 1.807) is 47.3 Å². The van der Waals surface area contributed by atoms with Crippen LogP contribution >= 0.6 is 0 Å². The van der Waals surface area contributed by atoms with E-state index in [0.717, 1.165) is 5.56 Å². The van der Waals surface area contributed by atoms with E-state index < -0.39 is 5.91 Å².